The molecule has 0 saturated carbocycles. The van der Waals surface area contributed by atoms with Crippen molar-refractivity contribution in [2.24, 2.45) is 0 Å². The van der Waals surface area contributed by atoms with E-state index in [0.717, 1.165) is 38.8 Å². The highest BCUT2D eigenvalue weighted by Crippen LogP contribution is 2.29. The van der Waals surface area contributed by atoms with E-state index in [1.165, 1.54) is 0 Å². The highest BCUT2D eigenvalue weighted by atomic mass is 32.2. The van der Waals surface area contributed by atoms with E-state index in [-0.39, 0.29) is 5.91 Å². The molecule has 4 nitrogen and oxygen atoms in total. The summed E-state index contributed by atoms with van der Waals surface area (Å²) in [7, 11) is 1.84. The Labute approximate surface area is 158 Å². The van der Waals surface area contributed by atoms with Gasteiger partial charge in [-0.3, -0.25) is 4.79 Å². The molecule has 2 aromatic carbocycles. The van der Waals surface area contributed by atoms with Crippen molar-refractivity contribution in [1.29, 1.82) is 0 Å². The number of carbonyl (C=O) groups excluding carboxylic acids is 1. The van der Waals surface area contributed by atoms with E-state index in [4.69, 9.17) is 4.52 Å². The smallest absolute Gasteiger partial charge is 0.255 e. The highest BCUT2D eigenvalue weighted by molar-refractivity contribution is 7.98. The SMILES string of the molecule is Cc1noc(C)c1CSc1ccccc1C(=O)N(C)Cc1ccccc1. The lowest BCUT2D eigenvalue weighted by molar-refractivity contribution is 0.0781. The fourth-order valence-electron chi connectivity index (χ4n) is 2.76. The van der Waals surface area contributed by atoms with Gasteiger partial charge in [-0.15, -0.1) is 11.8 Å². The number of benzene rings is 2. The fraction of sp³-hybridized carbons (Fsp3) is 0.238. The number of thioether (sulfide) groups is 1. The predicted octanol–water partition coefficient (Wildman–Crippen LogP) is 4.86. The topological polar surface area (TPSA) is 46.3 Å². The van der Waals surface area contributed by atoms with Gasteiger partial charge >= 0.3 is 0 Å². The zero-order valence-electron chi connectivity index (χ0n) is 15.2. The molecule has 0 saturated heterocycles. The third-order valence-corrected chi connectivity index (χ3v) is 5.38. The Bertz CT molecular complexity index is 871. The van der Waals surface area contributed by atoms with Crippen LogP contribution in [-0.4, -0.2) is 23.0 Å². The first-order valence-electron chi connectivity index (χ1n) is 8.49. The number of aryl methyl sites for hydroxylation is 2. The molecular formula is C21H22N2O2S. The first kappa shape index (κ1) is 18.3. The van der Waals surface area contributed by atoms with Gasteiger partial charge in [0.05, 0.1) is 11.3 Å². The van der Waals surface area contributed by atoms with E-state index >= 15 is 0 Å². The van der Waals surface area contributed by atoms with Crippen LogP contribution in [0.1, 0.15) is 32.9 Å². The Morgan fingerprint density at radius 2 is 1.77 bits per heavy atom. The van der Waals surface area contributed by atoms with E-state index in [9.17, 15) is 4.79 Å². The molecule has 134 valence electrons. The summed E-state index contributed by atoms with van der Waals surface area (Å²) in [5, 5.41) is 4.00. The lowest BCUT2D eigenvalue weighted by atomic mass is 10.1. The Hall–Kier alpha value is -2.53. The second-order valence-corrected chi connectivity index (χ2v) is 7.25. The first-order valence-corrected chi connectivity index (χ1v) is 9.48. The molecule has 0 fully saturated rings. The summed E-state index contributed by atoms with van der Waals surface area (Å²) in [6, 6.07) is 17.8. The van der Waals surface area contributed by atoms with Gasteiger partial charge in [-0.05, 0) is 31.5 Å². The maximum Gasteiger partial charge on any atom is 0.255 e. The normalized spacial score (nSPS) is 10.7. The van der Waals surface area contributed by atoms with E-state index in [1.807, 2.05) is 75.5 Å². The van der Waals surface area contributed by atoms with Crippen LogP contribution < -0.4 is 0 Å². The number of carbonyl (C=O) groups is 1. The van der Waals surface area contributed by atoms with Crippen LogP contribution in [0.2, 0.25) is 0 Å². The minimum Gasteiger partial charge on any atom is -0.361 e. The molecule has 0 spiro atoms. The Balaban J connectivity index is 1.74. The zero-order chi connectivity index (χ0) is 18.5. The molecule has 26 heavy (non-hydrogen) atoms. The Morgan fingerprint density at radius 3 is 2.46 bits per heavy atom. The van der Waals surface area contributed by atoms with Gasteiger partial charge in [0, 0.05) is 29.8 Å². The van der Waals surface area contributed by atoms with Gasteiger partial charge < -0.3 is 9.42 Å². The van der Waals surface area contributed by atoms with Gasteiger partial charge in [-0.1, -0.05) is 47.6 Å². The van der Waals surface area contributed by atoms with Gasteiger partial charge in [0.25, 0.3) is 5.91 Å². The lowest BCUT2D eigenvalue weighted by Crippen LogP contribution is -2.26. The number of hydrogen-bond donors (Lipinski definition) is 0. The molecule has 0 bridgehead atoms. The molecule has 0 unspecified atom stereocenters. The summed E-state index contributed by atoms with van der Waals surface area (Å²) in [4.78, 5) is 15.7. The minimum atomic E-state index is 0.0238. The van der Waals surface area contributed by atoms with Gasteiger partial charge in [0.15, 0.2) is 0 Å². The van der Waals surface area contributed by atoms with Crippen molar-refractivity contribution < 1.29 is 9.32 Å². The van der Waals surface area contributed by atoms with Crippen molar-refractivity contribution in [3.63, 3.8) is 0 Å². The summed E-state index contributed by atoms with van der Waals surface area (Å²) in [5.41, 5.74) is 3.83. The number of hydrogen-bond acceptors (Lipinski definition) is 4. The molecule has 0 radical (unpaired) electrons. The van der Waals surface area contributed by atoms with Crippen LogP contribution in [0.15, 0.2) is 64.0 Å². The van der Waals surface area contributed by atoms with Gasteiger partial charge in [0.1, 0.15) is 5.76 Å². The second kappa shape index (κ2) is 8.23. The van der Waals surface area contributed by atoms with Crippen LogP contribution in [0.5, 0.6) is 0 Å². The Kier molecular flexibility index (Phi) is 5.78. The molecular weight excluding hydrogens is 344 g/mol. The summed E-state index contributed by atoms with van der Waals surface area (Å²) in [6.45, 7) is 4.44. The third-order valence-electron chi connectivity index (χ3n) is 4.28. The third kappa shape index (κ3) is 4.17. The van der Waals surface area contributed by atoms with E-state index in [2.05, 4.69) is 5.16 Å². The van der Waals surface area contributed by atoms with Gasteiger partial charge in [-0.2, -0.15) is 0 Å². The molecule has 1 heterocycles. The second-order valence-electron chi connectivity index (χ2n) is 6.23. The molecule has 0 atom stereocenters. The van der Waals surface area contributed by atoms with Crippen molar-refractivity contribution >= 4 is 17.7 Å². The van der Waals surface area contributed by atoms with Crippen molar-refractivity contribution in [1.82, 2.24) is 10.1 Å². The minimum absolute atomic E-state index is 0.0238. The molecule has 1 aromatic heterocycles. The average Bonchev–Trinajstić information content (AvgIpc) is 2.98. The van der Waals surface area contributed by atoms with Crippen LogP contribution in [0.25, 0.3) is 0 Å². The quantitative estimate of drug-likeness (QED) is 0.585. The van der Waals surface area contributed by atoms with Crippen LogP contribution in [-0.2, 0) is 12.3 Å². The van der Waals surface area contributed by atoms with Crippen LogP contribution >= 0.6 is 11.8 Å². The monoisotopic (exact) mass is 366 g/mol. The summed E-state index contributed by atoms with van der Waals surface area (Å²) >= 11 is 1.64. The van der Waals surface area contributed by atoms with Crippen molar-refractivity contribution in [3.8, 4) is 0 Å². The molecule has 0 aliphatic rings. The van der Waals surface area contributed by atoms with Crippen LogP contribution in [0.3, 0.4) is 0 Å². The molecule has 3 rings (SSSR count). The average molecular weight is 366 g/mol. The standard InChI is InChI=1S/C21H22N2O2S/c1-15-19(16(2)25-22-15)14-26-20-12-8-7-11-18(20)21(24)23(3)13-17-9-5-4-6-10-17/h4-12H,13-14H2,1-3H3. The van der Waals surface area contributed by atoms with Crippen LogP contribution in [0.4, 0.5) is 0 Å². The lowest BCUT2D eigenvalue weighted by Gasteiger charge is -2.19. The van der Waals surface area contributed by atoms with Gasteiger partial charge in [-0.25, -0.2) is 0 Å². The Morgan fingerprint density at radius 1 is 1.08 bits per heavy atom. The zero-order valence-corrected chi connectivity index (χ0v) is 16.0. The molecule has 0 aliphatic carbocycles. The molecule has 1 amide bonds. The number of aromatic nitrogens is 1. The van der Waals surface area contributed by atoms with E-state index < -0.39 is 0 Å². The molecule has 0 aliphatic heterocycles. The molecule has 0 N–H and O–H groups in total. The van der Waals surface area contributed by atoms with E-state index in [1.54, 1.807) is 16.7 Å². The number of nitrogens with zero attached hydrogens (tertiary/aromatic N) is 2. The van der Waals surface area contributed by atoms with Crippen molar-refractivity contribution in [2.45, 2.75) is 31.0 Å². The fourth-order valence-corrected chi connectivity index (χ4v) is 3.96. The molecule has 5 heteroatoms. The van der Waals surface area contributed by atoms with Crippen molar-refractivity contribution in [2.75, 3.05) is 7.05 Å². The van der Waals surface area contributed by atoms with E-state index in [0.29, 0.717) is 6.54 Å². The maximum absolute atomic E-state index is 12.9. The molecule has 3 aromatic rings. The summed E-state index contributed by atoms with van der Waals surface area (Å²) in [6.07, 6.45) is 0. The predicted molar refractivity (Wildman–Crippen MR) is 104 cm³/mol. The van der Waals surface area contributed by atoms with Crippen LogP contribution in [0, 0.1) is 13.8 Å². The summed E-state index contributed by atoms with van der Waals surface area (Å²) < 4.78 is 5.23. The number of amides is 1. The maximum atomic E-state index is 12.9. The summed E-state index contributed by atoms with van der Waals surface area (Å²) in [5.74, 6) is 1.59. The number of rotatable bonds is 6. The first-order chi connectivity index (χ1) is 12.6. The highest BCUT2D eigenvalue weighted by Gasteiger charge is 2.17. The largest absolute Gasteiger partial charge is 0.361 e. The van der Waals surface area contributed by atoms with Crippen molar-refractivity contribution in [3.05, 3.63) is 82.7 Å². The van der Waals surface area contributed by atoms with Gasteiger partial charge in [0.2, 0.25) is 0 Å².